The van der Waals surface area contributed by atoms with E-state index in [0.717, 1.165) is 6.42 Å². The molecule has 1 aliphatic carbocycles. The van der Waals surface area contributed by atoms with Gasteiger partial charge >= 0.3 is 0 Å². The third-order valence-corrected chi connectivity index (χ3v) is 4.70. The van der Waals surface area contributed by atoms with Crippen molar-refractivity contribution in [1.82, 2.24) is 5.32 Å². The minimum atomic E-state index is -0.271. The molecule has 0 aromatic heterocycles. The monoisotopic (exact) mass is 277 g/mol. The molecule has 0 bridgehead atoms. The molecule has 0 saturated heterocycles. The Hall–Kier alpha value is -1.86. The summed E-state index contributed by atoms with van der Waals surface area (Å²) in [5.41, 5.74) is 6.39. The molecular formula is C20H23N. The molecule has 2 unspecified atom stereocenters. The van der Waals surface area contributed by atoms with Crippen molar-refractivity contribution in [2.45, 2.75) is 38.8 Å². The van der Waals surface area contributed by atoms with Crippen LogP contribution in [0.2, 0.25) is 0 Å². The normalized spacial score (nSPS) is 20.7. The molecule has 0 fully saturated rings. The Morgan fingerprint density at radius 3 is 2.57 bits per heavy atom. The van der Waals surface area contributed by atoms with Crippen molar-refractivity contribution in [1.29, 1.82) is 0 Å². The smallest absolute Gasteiger partial charge is 0.0891 e. The molecule has 2 aromatic carbocycles. The largest absolute Gasteiger partial charge is 0.298 e. The Kier molecular flexibility index (Phi) is 3.46. The van der Waals surface area contributed by atoms with Crippen LogP contribution in [0.1, 0.15) is 37.0 Å². The number of aryl methyl sites for hydroxylation is 1. The molecule has 108 valence electrons. The highest BCUT2D eigenvalue weighted by molar-refractivity contribution is 5.83. The van der Waals surface area contributed by atoms with Crippen LogP contribution in [0, 0.1) is 6.92 Å². The van der Waals surface area contributed by atoms with Crippen LogP contribution in [-0.4, -0.2) is 6.04 Å². The van der Waals surface area contributed by atoms with E-state index in [-0.39, 0.29) is 5.54 Å². The van der Waals surface area contributed by atoms with Crippen LogP contribution in [0.4, 0.5) is 0 Å². The van der Waals surface area contributed by atoms with E-state index in [1.165, 1.54) is 27.8 Å². The maximum absolute atomic E-state index is 4.18. The third kappa shape index (κ3) is 1.96. The zero-order chi connectivity index (χ0) is 15.0. The predicted molar refractivity (Wildman–Crippen MR) is 90.5 cm³/mol. The highest BCUT2D eigenvalue weighted by Crippen LogP contribution is 2.49. The zero-order valence-corrected chi connectivity index (χ0v) is 13.1. The van der Waals surface area contributed by atoms with Crippen molar-refractivity contribution in [2.24, 2.45) is 0 Å². The summed E-state index contributed by atoms with van der Waals surface area (Å²) in [5, 5.41) is 3.83. The summed E-state index contributed by atoms with van der Waals surface area (Å²) in [7, 11) is 0. The second kappa shape index (κ2) is 5.16. The Bertz CT molecular complexity index is 686. The minimum Gasteiger partial charge on any atom is -0.298 e. The van der Waals surface area contributed by atoms with E-state index in [1.54, 1.807) is 0 Å². The van der Waals surface area contributed by atoms with Gasteiger partial charge in [-0.3, -0.25) is 5.32 Å². The molecule has 0 amide bonds. The number of fused-ring (bicyclic) bond motifs is 3. The van der Waals surface area contributed by atoms with Crippen molar-refractivity contribution in [3.8, 4) is 11.1 Å². The molecule has 0 heterocycles. The molecule has 0 saturated carbocycles. The molecule has 0 spiro atoms. The standard InChI is InChI=1S/C20H23N/c1-5-15(4)21-20(6-2)18-13-8-7-11-16(18)17-12-9-10-14(3)19(17)20/h6-13,15,21H,2,5H2,1,3-4H3. The molecule has 1 heteroatoms. The zero-order valence-electron chi connectivity index (χ0n) is 13.1. The van der Waals surface area contributed by atoms with Crippen LogP contribution in [0.3, 0.4) is 0 Å². The van der Waals surface area contributed by atoms with Gasteiger partial charge in [-0.2, -0.15) is 0 Å². The summed E-state index contributed by atoms with van der Waals surface area (Å²) < 4.78 is 0. The lowest BCUT2D eigenvalue weighted by Crippen LogP contribution is -2.45. The van der Waals surface area contributed by atoms with Crippen molar-refractivity contribution < 1.29 is 0 Å². The molecule has 2 atom stereocenters. The van der Waals surface area contributed by atoms with Gasteiger partial charge in [0.25, 0.3) is 0 Å². The third-order valence-electron chi connectivity index (χ3n) is 4.70. The van der Waals surface area contributed by atoms with Gasteiger partial charge in [0.1, 0.15) is 0 Å². The van der Waals surface area contributed by atoms with Crippen LogP contribution >= 0.6 is 0 Å². The van der Waals surface area contributed by atoms with Crippen LogP contribution in [0.25, 0.3) is 11.1 Å². The molecule has 3 rings (SSSR count). The molecular weight excluding hydrogens is 254 g/mol. The Labute approximate surface area is 127 Å². The average molecular weight is 277 g/mol. The fourth-order valence-corrected chi connectivity index (χ4v) is 3.52. The number of benzene rings is 2. The Balaban J connectivity index is 2.31. The SMILES string of the molecule is C=CC1(NC(C)CC)c2ccccc2-c2cccc(C)c21. The summed E-state index contributed by atoms with van der Waals surface area (Å²) >= 11 is 0. The second-order valence-corrected chi connectivity index (χ2v) is 6.01. The highest BCUT2D eigenvalue weighted by atomic mass is 15.0. The molecule has 0 aliphatic heterocycles. The van der Waals surface area contributed by atoms with Gasteiger partial charge < -0.3 is 0 Å². The van der Waals surface area contributed by atoms with Gasteiger partial charge in [0.2, 0.25) is 0 Å². The van der Waals surface area contributed by atoms with E-state index >= 15 is 0 Å². The molecule has 1 N–H and O–H groups in total. The van der Waals surface area contributed by atoms with E-state index in [1.807, 2.05) is 0 Å². The summed E-state index contributed by atoms with van der Waals surface area (Å²) in [6.07, 6.45) is 3.18. The van der Waals surface area contributed by atoms with Crippen LogP contribution in [0.5, 0.6) is 0 Å². The first-order valence-electron chi connectivity index (χ1n) is 7.75. The fourth-order valence-electron chi connectivity index (χ4n) is 3.52. The van der Waals surface area contributed by atoms with Crippen LogP contribution in [-0.2, 0) is 5.54 Å². The number of hydrogen-bond acceptors (Lipinski definition) is 1. The summed E-state index contributed by atoms with van der Waals surface area (Å²) in [4.78, 5) is 0. The van der Waals surface area contributed by atoms with E-state index < -0.39 is 0 Å². The Morgan fingerprint density at radius 2 is 1.86 bits per heavy atom. The lowest BCUT2D eigenvalue weighted by Gasteiger charge is -2.34. The van der Waals surface area contributed by atoms with Gasteiger partial charge in [-0.1, -0.05) is 55.5 Å². The van der Waals surface area contributed by atoms with E-state index in [0.29, 0.717) is 6.04 Å². The quantitative estimate of drug-likeness (QED) is 0.792. The van der Waals surface area contributed by atoms with Gasteiger partial charge in [0.05, 0.1) is 5.54 Å². The first-order chi connectivity index (χ1) is 10.1. The van der Waals surface area contributed by atoms with Crippen LogP contribution < -0.4 is 5.32 Å². The van der Waals surface area contributed by atoms with Crippen molar-refractivity contribution >= 4 is 0 Å². The van der Waals surface area contributed by atoms with Crippen LogP contribution in [0.15, 0.2) is 55.1 Å². The molecule has 21 heavy (non-hydrogen) atoms. The summed E-state index contributed by atoms with van der Waals surface area (Å²) in [5.74, 6) is 0. The lowest BCUT2D eigenvalue weighted by atomic mass is 9.84. The molecule has 1 aliphatic rings. The van der Waals surface area contributed by atoms with E-state index in [9.17, 15) is 0 Å². The first-order valence-corrected chi connectivity index (χ1v) is 7.75. The predicted octanol–water partition coefficient (Wildman–Crippen LogP) is 4.79. The van der Waals surface area contributed by atoms with E-state index in [2.05, 4.69) is 81.2 Å². The van der Waals surface area contributed by atoms with Gasteiger partial charge in [0.15, 0.2) is 0 Å². The number of nitrogens with one attached hydrogen (secondary N) is 1. The van der Waals surface area contributed by atoms with Gasteiger partial charge in [0, 0.05) is 6.04 Å². The van der Waals surface area contributed by atoms with Crippen molar-refractivity contribution in [3.05, 3.63) is 71.8 Å². The summed E-state index contributed by atoms with van der Waals surface area (Å²) in [6, 6.07) is 15.7. The first kappa shape index (κ1) is 14.1. The van der Waals surface area contributed by atoms with Gasteiger partial charge in [-0.05, 0) is 48.1 Å². The Morgan fingerprint density at radius 1 is 1.14 bits per heavy atom. The minimum absolute atomic E-state index is 0.271. The maximum atomic E-state index is 4.18. The topological polar surface area (TPSA) is 12.0 Å². The molecule has 2 aromatic rings. The van der Waals surface area contributed by atoms with Crippen molar-refractivity contribution in [3.63, 3.8) is 0 Å². The second-order valence-electron chi connectivity index (χ2n) is 6.01. The van der Waals surface area contributed by atoms with Gasteiger partial charge in [-0.25, -0.2) is 0 Å². The average Bonchev–Trinajstić information content (AvgIpc) is 2.80. The number of rotatable bonds is 4. The summed E-state index contributed by atoms with van der Waals surface area (Å²) in [6.45, 7) is 10.8. The van der Waals surface area contributed by atoms with Crippen molar-refractivity contribution in [2.75, 3.05) is 0 Å². The highest BCUT2D eigenvalue weighted by Gasteiger charge is 2.42. The van der Waals surface area contributed by atoms with Gasteiger partial charge in [-0.15, -0.1) is 6.58 Å². The van der Waals surface area contributed by atoms with E-state index in [4.69, 9.17) is 0 Å². The molecule has 0 radical (unpaired) electrons. The number of hydrogen-bond donors (Lipinski definition) is 1. The lowest BCUT2D eigenvalue weighted by molar-refractivity contribution is 0.417. The fraction of sp³-hybridized carbons (Fsp3) is 0.300. The maximum Gasteiger partial charge on any atom is 0.0891 e. The molecule has 1 nitrogen and oxygen atoms in total.